The van der Waals surface area contributed by atoms with Crippen molar-refractivity contribution in [1.82, 2.24) is 0 Å². The second-order valence-corrected chi connectivity index (χ2v) is 6.62. The Morgan fingerprint density at radius 3 is 2.00 bits per heavy atom. The number of halogens is 6. The van der Waals surface area contributed by atoms with Gasteiger partial charge in [-0.1, -0.05) is 0 Å². The van der Waals surface area contributed by atoms with Crippen molar-refractivity contribution < 1.29 is 41.0 Å². The molecule has 2 aliphatic carbocycles. The second-order valence-electron chi connectivity index (χ2n) is 6.62. The maximum absolute atomic E-state index is 12.8. The Bertz CT molecular complexity index is 444. The van der Waals surface area contributed by atoms with Crippen molar-refractivity contribution in [3.05, 3.63) is 0 Å². The zero-order chi connectivity index (χ0) is 17.6. The number of carbonyl (C=O) groups excluding carboxylic acids is 1. The number of hydrogen-bond donors (Lipinski definition) is 1. The topological polar surface area (TPSA) is 46.5 Å². The van der Waals surface area contributed by atoms with E-state index in [9.17, 15) is 36.2 Å². The molecule has 4 atom stereocenters. The van der Waals surface area contributed by atoms with Gasteiger partial charge in [0.1, 0.15) is 0 Å². The van der Waals surface area contributed by atoms with Gasteiger partial charge in [0.15, 0.2) is 0 Å². The first-order valence-electron chi connectivity index (χ1n) is 7.34. The van der Waals surface area contributed by atoms with Gasteiger partial charge < -0.3 is 9.84 Å². The molecule has 3 nitrogen and oxygen atoms in total. The summed E-state index contributed by atoms with van der Waals surface area (Å²) in [6.45, 7) is 1.19. The molecular weight excluding hydrogens is 330 g/mol. The van der Waals surface area contributed by atoms with Crippen LogP contribution >= 0.6 is 0 Å². The molecule has 2 fully saturated rings. The fourth-order valence-electron chi connectivity index (χ4n) is 4.07. The molecule has 1 N–H and O–H groups in total. The number of ether oxygens (including phenoxy) is 1. The van der Waals surface area contributed by atoms with Crippen LogP contribution in [0.15, 0.2) is 0 Å². The summed E-state index contributed by atoms with van der Waals surface area (Å²) in [7, 11) is 0. The van der Waals surface area contributed by atoms with Gasteiger partial charge in [0, 0.05) is 6.92 Å². The Balaban J connectivity index is 2.11. The van der Waals surface area contributed by atoms with Gasteiger partial charge in [0.25, 0.3) is 5.60 Å². The standard InChI is InChI=1S/C14H18F6O3/c1-7(21)23-6-10-3-8-2-9(11(10)4-8)5-12(22,13(15,16)17)14(18,19)20/h8-11,22H,2-6H2,1H3. The zero-order valence-electron chi connectivity index (χ0n) is 12.4. The van der Waals surface area contributed by atoms with E-state index >= 15 is 0 Å². The molecule has 0 spiro atoms. The summed E-state index contributed by atoms with van der Waals surface area (Å²) in [5, 5.41) is 9.34. The van der Waals surface area contributed by atoms with Gasteiger partial charge in [-0.15, -0.1) is 0 Å². The summed E-state index contributed by atoms with van der Waals surface area (Å²) in [5.74, 6) is -2.03. The number of esters is 1. The normalized spacial score (nSPS) is 31.5. The maximum atomic E-state index is 12.8. The molecule has 0 radical (unpaired) electrons. The predicted octanol–water partition coefficient (Wildman–Crippen LogP) is 3.46. The zero-order valence-corrected chi connectivity index (χ0v) is 12.4. The molecule has 0 aromatic rings. The van der Waals surface area contributed by atoms with Crippen LogP contribution in [0.2, 0.25) is 0 Å². The molecule has 2 rings (SSSR count). The minimum absolute atomic E-state index is 0.00344. The van der Waals surface area contributed by atoms with E-state index in [0.717, 1.165) is 0 Å². The number of aliphatic hydroxyl groups is 1. The number of hydrogen-bond acceptors (Lipinski definition) is 3. The molecule has 0 amide bonds. The van der Waals surface area contributed by atoms with Crippen molar-refractivity contribution in [2.45, 2.75) is 50.6 Å². The average molecular weight is 348 g/mol. The first kappa shape index (κ1) is 18.4. The van der Waals surface area contributed by atoms with Crippen molar-refractivity contribution in [2.75, 3.05) is 6.61 Å². The van der Waals surface area contributed by atoms with Crippen LogP contribution in [0.4, 0.5) is 26.3 Å². The highest BCUT2D eigenvalue weighted by Gasteiger charge is 2.71. The number of alkyl halides is 6. The Morgan fingerprint density at radius 1 is 1.04 bits per heavy atom. The molecule has 2 aliphatic rings. The van der Waals surface area contributed by atoms with Crippen molar-refractivity contribution in [1.29, 1.82) is 0 Å². The molecule has 9 heteroatoms. The van der Waals surface area contributed by atoms with Crippen LogP contribution in [0.25, 0.3) is 0 Å². The average Bonchev–Trinajstić information content (AvgIpc) is 2.92. The van der Waals surface area contributed by atoms with E-state index < -0.39 is 42.2 Å². The molecule has 0 saturated heterocycles. The fourth-order valence-corrected chi connectivity index (χ4v) is 4.07. The van der Waals surface area contributed by atoms with E-state index in [-0.39, 0.29) is 24.9 Å². The number of rotatable bonds is 4. The van der Waals surface area contributed by atoms with Gasteiger partial charge in [-0.05, 0) is 49.4 Å². The van der Waals surface area contributed by atoms with E-state index in [2.05, 4.69) is 0 Å². The fraction of sp³-hybridized carbons (Fsp3) is 0.929. The van der Waals surface area contributed by atoms with Crippen LogP contribution in [-0.4, -0.2) is 35.6 Å². The summed E-state index contributed by atoms with van der Waals surface area (Å²) in [6, 6.07) is 0. The molecule has 0 aromatic heterocycles. The Labute approximate surface area is 129 Å². The quantitative estimate of drug-likeness (QED) is 0.625. The molecule has 4 unspecified atom stereocenters. The summed E-state index contributed by atoms with van der Waals surface area (Å²) in [4.78, 5) is 10.8. The maximum Gasteiger partial charge on any atom is 0.426 e. The monoisotopic (exact) mass is 348 g/mol. The van der Waals surface area contributed by atoms with Gasteiger partial charge in [0.2, 0.25) is 0 Å². The van der Waals surface area contributed by atoms with Crippen LogP contribution in [0.5, 0.6) is 0 Å². The molecule has 0 heterocycles. The van der Waals surface area contributed by atoms with Gasteiger partial charge >= 0.3 is 18.3 Å². The SMILES string of the molecule is CC(=O)OCC1CC2CC(CC(O)(C(F)(F)F)C(F)(F)F)C1C2. The molecule has 2 saturated carbocycles. The second kappa shape index (κ2) is 5.82. The van der Waals surface area contributed by atoms with Gasteiger partial charge in [-0.25, -0.2) is 0 Å². The lowest BCUT2D eigenvalue weighted by atomic mass is 9.75. The highest BCUT2D eigenvalue weighted by molar-refractivity contribution is 5.65. The Kier molecular flexibility index (Phi) is 4.65. The Morgan fingerprint density at radius 2 is 1.57 bits per heavy atom. The third-order valence-electron chi connectivity index (χ3n) is 5.08. The van der Waals surface area contributed by atoms with E-state index in [4.69, 9.17) is 4.74 Å². The molecule has 23 heavy (non-hydrogen) atoms. The van der Waals surface area contributed by atoms with E-state index in [1.165, 1.54) is 6.92 Å². The third-order valence-corrected chi connectivity index (χ3v) is 5.08. The third kappa shape index (κ3) is 3.44. The van der Waals surface area contributed by atoms with Crippen LogP contribution in [0.3, 0.4) is 0 Å². The molecule has 0 aromatic carbocycles. The molecule has 0 aliphatic heterocycles. The lowest BCUT2D eigenvalue weighted by molar-refractivity contribution is -0.373. The van der Waals surface area contributed by atoms with Crippen molar-refractivity contribution in [2.24, 2.45) is 23.7 Å². The number of fused-ring (bicyclic) bond motifs is 2. The summed E-state index contributed by atoms with van der Waals surface area (Å²) >= 11 is 0. The summed E-state index contributed by atoms with van der Waals surface area (Å²) in [5.41, 5.74) is -4.69. The summed E-state index contributed by atoms with van der Waals surface area (Å²) < 4.78 is 81.7. The summed E-state index contributed by atoms with van der Waals surface area (Å²) in [6.07, 6.45) is -11.6. The largest absolute Gasteiger partial charge is 0.466 e. The van der Waals surface area contributed by atoms with Gasteiger partial charge in [0.05, 0.1) is 6.61 Å². The molecule has 2 bridgehead atoms. The minimum Gasteiger partial charge on any atom is -0.466 e. The minimum atomic E-state index is -5.78. The molecular formula is C14H18F6O3. The lowest BCUT2D eigenvalue weighted by Crippen LogP contribution is -2.58. The van der Waals surface area contributed by atoms with Crippen LogP contribution in [-0.2, 0) is 9.53 Å². The van der Waals surface area contributed by atoms with Crippen molar-refractivity contribution in [3.63, 3.8) is 0 Å². The van der Waals surface area contributed by atoms with E-state index in [0.29, 0.717) is 12.8 Å². The predicted molar refractivity (Wildman–Crippen MR) is 66.1 cm³/mol. The van der Waals surface area contributed by atoms with Gasteiger partial charge in [-0.3, -0.25) is 4.79 Å². The smallest absolute Gasteiger partial charge is 0.426 e. The highest BCUT2D eigenvalue weighted by Crippen LogP contribution is 2.57. The lowest BCUT2D eigenvalue weighted by Gasteiger charge is -2.38. The van der Waals surface area contributed by atoms with E-state index in [1.807, 2.05) is 0 Å². The van der Waals surface area contributed by atoms with E-state index in [1.54, 1.807) is 0 Å². The van der Waals surface area contributed by atoms with Crippen LogP contribution in [0, 0.1) is 23.7 Å². The molecule has 134 valence electrons. The first-order chi connectivity index (χ1) is 10.3. The van der Waals surface area contributed by atoms with Gasteiger partial charge in [-0.2, -0.15) is 26.3 Å². The highest BCUT2D eigenvalue weighted by atomic mass is 19.4. The van der Waals surface area contributed by atoms with Crippen molar-refractivity contribution >= 4 is 5.97 Å². The first-order valence-corrected chi connectivity index (χ1v) is 7.34. The number of carbonyl (C=O) groups is 1. The van der Waals surface area contributed by atoms with Crippen LogP contribution < -0.4 is 0 Å². The van der Waals surface area contributed by atoms with Crippen LogP contribution in [0.1, 0.15) is 32.6 Å². The van der Waals surface area contributed by atoms with Crippen molar-refractivity contribution in [3.8, 4) is 0 Å². The Hall–Kier alpha value is -0.990.